The number of azide groups is 1. The molecule has 0 aromatic heterocycles. The Hall–Kier alpha value is -1.90. The van der Waals surface area contributed by atoms with E-state index in [0.29, 0.717) is 0 Å². The van der Waals surface area contributed by atoms with Crippen LogP contribution < -0.4 is 0 Å². The van der Waals surface area contributed by atoms with Crippen molar-refractivity contribution in [3.8, 4) is 0 Å². The Morgan fingerprint density at radius 1 is 0.935 bits per heavy atom. The van der Waals surface area contributed by atoms with Crippen LogP contribution in [-0.4, -0.2) is 198 Å². The third-order valence-corrected chi connectivity index (χ3v) is 7.79. The maximum absolute atomic E-state index is 12.2. The summed E-state index contributed by atoms with van der Waals surface area (Å²) < 4.78 is 32.5. The van der Waals surface area contributed by atoms with Crippen LogP contribution in [0, 0.1) is 0 Å². The van der Waals surface area contributed by atoms with Crippen LogP contribution in [0.4, 0.5) is 0 Å². The summed E-state index contributed by atoms with van der Waals surface area (Å²) in [5.74, 6) is -4.72. The second-order valence-electron chi connectivity index (χ2n) is 11.0. The van der Waals surface area contributed by atoms with Crippen LogP contribution in [0.3, 0.4) is 0 Å². The standard InChI is InChI=1S/C24H41N3O19/c25-27-26-2-1-3-41-21-18(38)16(36)19(10(6-29)43-21)45-22-17(37)15(35)14(34)11(44-22)7-42-24(23(39)40)4-8(30)12(32)20(46-24)13(33)9(31)5-28/h8-22,28-38H,1-7H2,(H,39,40)/t8-,9+,10+,11+,12+,13+,14-,15-,16+,17+,18+,19+,20+,21+,22-,24+/m0/s1. The maximum atomic E-state index is 12.2. The normalized spacial score (nSPS) is 43.0. The molecule has 0 bridgehead atoms. The van der Waals surface area contributed by atoms with E-state index in [2.05, 4.69) is 10.0 Å². The third kappa shape index (κ3) is 8.57. The van der Waals surface area contributed by atoms with E-state index >= 15 is 0 Å². The summed E-state index contributed by atoms with van der Waals surface area (Å²) in [4.78, 5) is 14.8. The molecule has 0 spiro atoms. The van der Waals surface area contributed by atoms with E-state index in [9.17, 15) is 61.0 Å². The Balaban J connectivity index is 1.72. The van der Waals surface area contributed by atoms with Gasteiger partial charge in [-0.25, -0.2) is 4.79 Å². The molecule has 0 aliphatic carbocycles. The first kappa shape index (κ1) is 38.5. The molecule has 0 amide bonds. The average molecular weight is 676 g/mol. The van der Waals surface area contributed by atoms with Gasteiger partial charge in [-0.1, -0.05) is 5.11 Å². The van der Waals surface area contributed by atoms with E-state index in [0.717, 1.165) is 0 Å². The number of hydrogen-bond acceptors (Lipinski definition) is 19. The highest BCUT2D eigenvalue weighted by molar-refractivity contribution is 5.76. The predicted molar refractivity (Wildman–Crippen MR) is 141 cm³/mol. The van der Waals surface area contributed by atoms with E-state index < -0.39 is 130 Å². The molecule has 0 aromatic rings. The molecule has 0 aromatic carbocycles. The number of ether oxygens (including phenoxy) is 6. The fourth-order valence-corrected chi connectivity index (χ4v) is 5.12. The summed E-state index contributed by atoms with van der Waals surface area (Å²) in [6.45, 7) is -2.78. The van der Waals surface area contributed by atoms with E-state index in [1.54, 1.807) is 0 Å². The van der Waals surface area contributed by atoms with E-state index in [1.807, 2.05) is 0 Å². The Bertz CT molecular complexity index is 1020. The minimum absolute atomic E-state index is 0.0629. The Morgan fingerprint density at radius 3 is 2.20 bits per heavy atom. The van der Waals surface area contributed by atoms with Crippen molar-refractivity contribution in [2.24, 2.45) is 5.11 Å². The summed E-state index contributed by atoms with van der Waals surface area (Å²) in [5.41, 5.74) is 8.32. The molecule has 3 aliphatic rings. The highest BCUT2D eigenvalue weighted by Crippen LogP contribution is 2.35. The van der Waals surface area contributed by atoms with Crippen LogP contribution in [-0.2, 0) is 33.2 Å². The second-order valence-corrected chi connectivity index (χ2v) is 11.0. The van der Waals surface area contributed by atoms with Crippen LogP contribution in [0.25, 0.3) is 10.4 Å². The van der Waals surface area contributed by atoms with Crippen LogP contribution in [0.5, 0.6) is 0 Å². The molecule has 16 atom stereocenters. The molecule has 0 radical (unpaired) electrons. The smallest absolute Gasteiger partial charge is 0.364 e. The Labute approximate surface area is 260 Å². The van der Waals surface area contributed by atoms with Gasteiger partial charge in [0, 0.05) is 24.5 Å². The fourth-order valence-electron chi connectivity index (χ4n) is 5.12. The molecule has 22 nitrogen and oxygen atoms in total. The van der Waals surface area contributed by atoms with E-state index in [1.165, 1.54) is 0 Å². The van der Waals surface area contributed by atoms with Crippen molar-refractivity contribution < 1.29 is 94.5 Å². The quantitative estimate of drug-likeness (QED) is 0.0332. The van der Waals surface area contributed by atoms with Crippen molar-refractivity contribution in [2.45, 2.75) is 111 Å². The molecule has 3 rings (SSSR count). The second kappa shape index (κ2) is 17.0. The first-order valence-corrected chi connectivity index (χ1v) is 14.2. The number of carboxylic acid groups (broad SMARTS) is 1. The van der Waals surface area contributed by atoms with Gasteiger partial charge in [-0.2, -0.15) is 0 Å². The SMILES string of the molecule is [N-]=[N+]=NCCCO[C@@H]1O[C@H](CO)[C@@H](O[C@@H]2O[C@H](CO[C@]3(C(=O)O)C[C@H](O)[C@@H](O)[C@H]([C@H](O)[C@H](O)CO)O3)[C@H](O)[C@H](O)[C@H]2O)[C@H](O)[C@H]1O. The zero-order valence-electron chi connectivity index (χ0n) is 24.2. The van der Waals surface area contributed by atoms with Crippen molar-refractivity contribution in [1.82, 2.24) is 0 Å². The highest BCUT2D eigenvalue weighted by atomic mass is 16.8. The van der Waals surface area contributed by atoms with Crippen LogP contribution >= 0.6 is 0 Å². The molecule has 46 heavy (non-hydrogen) atoms. The summed E-state index contributed by atoms with van der Waals surface area (Å²) in [6, 6.07) is 0. The molecular weight excluding hydrogens is 634 g/mol. The number of carbonyl (C=O) groups is 1. The zero-order valence-corrected chi connectivity index (χ0v) is 24.2. The monoisotopic (exact) mass is 675 g/mol. The number of carboxylic acids is 1. The minimum Gasteiger partial charge on any atom is -0.477 e. The summed E-state index contributed by atoms with van der Waals surface area (Å²) >= 11 is 0. The van der Waals surface area contributed by atoms with E-state index in [-0.39, 0.29) is 19.6 Å². The van der Waals surface area contributed by atoms with Crippen LogP contribution in [0.15, 0.2) is 5.11 Å². The molecule has 3 heterocycles. The van der Waals surface area contributed by atoms with E-state index in [4.69, 9.17) is 39.1 Å². The van der Waals surface area contributed by atoms with Gasteiger partial charge in [-0.05, 0) is 12.0 Å². The average Bonchev–Trinajstić information content (AvgIpc) is 3.04. The van der Waals surface area contributed by atoms with Gasteiger partial charge in [0.1, 0.15) is 73.2 Å². The minimum atomic E-state index is -2.84. The van der Waals surface area contributed by atoms with Crippen molar-refractivity contribution in [2.75, 3.05) is 33.0 Å². The van der Waals surface area contributed by atoms with Gasteiger partial charge < -0.3 is 89.7 Å². The van der Waals surface area contributed by atoms with Crippen molar-refractivity contribution in [3.63, 3.8) is 0 Å². The largest absolute Gasteiger partial charge is 0.477 e. The topological polar surface area (TPSA) is 364 Å². The Morgan fingerprint density at radius 2 is 1.59 bits per heavy atom. The Kier molecular flexibility index (Phi) is 14.2. The van der Waals surface area contributed by atoms with Gasteiger partial charge in [0.25, 0.3) is 5.79 Å². The molecule has 22 heteroatoms. The number of hydrogen-bond donors (Lipinski definition) is 12. The van der Waals surface area contributed by atoms with Crippen LogP contribution in [0.1, 0.15) is 12.8 Å². The van der Waals surface area contributed by atoms with Crippen molar-refractivity contribution >= 4 is 5.97 Å². The molecule has 3 saturated heterocycles. The lowest BCUT2D eigenvalue weighted by Crippen LogP contribution is -2.66. The lowest BCUT2D eigenvalue weighted by atomic mass is 9.90. The number of rotatable bonds is 15. The lowest BCUT2D eigenvalue weighted by Gasteiger charge is -2.47. The van der Waals surface area contributed by atoms with Gasteiger partial charge in [0.05, 0.1) is 25.9 Å². The number of aliphatic carboxylic acids is 1. The number of nitrogens with zero attached hydrogens (tertiary/aromatic N) is 3. The molecule has 3 aliphatic heterocycles. The highest BCUT2D eigenvalue weighted by Gasteiger charge is 2.57. The summed E-state index contributed by atoms with van der Waals surface area (Å²) in [6.07, 6.45) is -28.3. The number of aliphatic hydroxyl groups excluding tert-OH is 11. The molecule has 0 unspecified atom stereocenters. The molecular formula is C24H41N3O19. The lowest BCUT2D eigenvalue weighted by molar-refractivity contribution is -0.369. The molecule has 12 N–H and O–H groups in total. The predicted octanol–water partition coefficient (Wildman–Crippen LogP) is -6.64. The van der Waals surface area contributed by atoms with Crippen molar-refractivity contribution in [3.05, 3.63) is 10.4 Å². The number of aliphatic hydroxyl groups is 11. The van der Waals surface area contributed by atoms with Gasteiger partial charge in [0.2, 0.25) is 0 Å². The zero-order chi connectivity index (χ0) is 34.3. The van der Waals surface area contributed by atoms with Gasteiger partial charge in [0.15, 0.2) is 12.6 Å². The summed E-state index contributed by atoms with van der Waals surface area (Å²) in [7, 11) is 0. The van der Waals surface area contributed by atoms with Crippen molar-refractivity contribution in [1.29, 1.82) is 0 Å². The molecule has 266 valence electrons. The van der Waals surface area contributed by atoms with Gasteiger partial charge in [-0.3, -0.25) is 0 Å². The van der Waals surface area contributed by atoms with Gasteiger partial charge >= 0.3 is 5.97 Å². The molecule has 3 fully saturated rings. The molecule has 0 saturated carbocycles. The third-order valence-electron chi connectivity index (χ3n) is 7.79. The van der Waals surface area contributed by atoms with Crippen LogP contribution in [0.2, 0.25) is 0 Å². The summed E-state index contributed by atoms with van der Waals surface area (Å²) in [5, 5.41) is 126. The first-order valence-electron chi connectivity index (χ1n) is 14.2. The first-order chi connectivity index (χ1) is 21.7. The fraction of sp³-hybridized carbons (Fsp3) is 0.958. The van der Waals surface area contributed by atoms with Gasteiger partial charge in [-0.15, -0.1) is 0 Å². The maximum Gasteiger partial charge on any atom is 0.364 e.